The molecule has 23 heavy (non-hydrogen) atoms. The van der Waals surface area contributed by atoms with E-state index in [9.17, 15) is 5.11 Å². The first-order valence-corrected chi connectivity index (χ1v) is 7.83. The van der Waals surface area contributed by atoms with E-state index < -0.39 is 7.12 Å². The average Bonchev–Trinajstić information content (AvgIpc) is 2.76. The van der Waals surface area contributed by atoms with E-state index in [0.29, 0.717) is 0 Å². The Labute approximate surface area is 137 Å². The fraction of sp³-hybridized carbons (Fsp3) is 0.389. The molecule has 0 aliphatic carbocycles. The summed E-state index contributed by atoms with van der Waals surface area (Å²) in [5.41, 5.74) is 3.03. The second kappa shape index (κ2) is 5.75. The molecule has 0 unspecified atom stereocenters. The van der Waals surface area contributed by atoms with Crippen molar-refractivity contribution in [2.24, 2.45) is 0 Å². The molecule has 0 spiro atoms. The summed E-state index contributed by atoms with van der Waals surface area (Å²) >= 11 is 0. The number of aliphatic hydroxyl groups is 1. The molecule has 0 saturated carbocycles. The molecule has 120 valence electrons. The van der Waals surface area contributed by atoms with Crippen LogP contribution in [0.5, 0.6) is 0 Å². The molecule has 2 heterocycles. The minimum atomic E-state index is -0.423. The molecular weight excluding hydrogens is 289 g/mol. The maximum Gasteiger partial charge on any atom is 0.496 e. The predicted octanol–water partition coefficient (Wildman–Crippen LogP) is 2.54. The van der Waals surface area contributed by atoms with Crippen molar-refractivity contribution in [3.63, 3.8) is 0 Å². The second-order valence-corrected chi connectivity index (χ2v) is 6.95. The Morgan fingerprint density at radius 3 is 2.35 bits per heavy atom. The van der Waals surface area contributed by atoms with Gasteiger partial charge in [-0.25, -0.2) is 0 Å². The maximum absolute atomic E-state index is 9.30. The number of hydrogen-bond donors (Lipinski definition) is 1. The lowest BCUT2D eigenvalue weighted by atomic mass is 9.79. The van der Waals surface area contributed by atoms with Gasteiger partial charge in [-0.05, 0) is 50.5 Å². The quantitative estimate of drug-likeness (QED) is 0.885. The van der Waals surface area contributed by atoms with E-state index in [1.807, 2.05) is 64.2 Å². The van der Waals surface area contributed by atoms with E-state index in [-0.39, 0.29) is 17.8 Å². The minimum Gasteiger partial charge on any atom is -0.399 e. The third kappa shape index (κ3) is 3.04. The summed E-state index contributed by atoms with van der Waals surface area (Å²) in [6.07, 6.45) is 3.59. The van der Waals surface area contributed by atoms with E-state index in [2.05, 4.69) is 4.98 Å². The SMILES string of the molecule is CC1(C)OB(c2cncc(-c3cccc(CO)c3)c2)OC1(C)C. The molecule has 1 aromatic heterocycles. The van der Waals surface area contributed by atoms with Gasteiger partial charge in [0.1, 0.15) is 0 Å². The molecule has 1 saturated heterocycles. The van der Waals surface area contributed by atoms with E-state index >= 15 is 0 Å². The van der Waals surface area contributed by atoms with Crippen molar-refractivity contribution in [1.29, 1.82) is 0 Å². The van der Waals surface area contributed by atoms with Gasteiger partial charge in [-0.1, -0.05) is 24.3 Å². The normalized spacial score (nSPS) is 19.1. The summed E-state index contributed by atoms with van der Waals surface area (Å²) in [5, 5.41) is 9.30. The molecule has 1 N–H and O–H groups in total. The lowest BCUT2D eigenvalue weighted by Crippen LogP contribution is -2.41. The Hall–Kier alpha value is -1.69. The number of pyridine rings is 1. The summed E-state index contributed by atoms with van der Waals surface area (Å²) in [5.74, 6) is 0. The minimum absolute atomic E-state index is 0.0260. The molecule has 3 rings (SSSR count). The first kappa shape index (κ1) is 16.2. The van der Waals surface area contributed by atoms with Crippen molar-refractivity contribution in [2.45, 2.75) is 45.5 Å². The zero-order valence-corrected chi connectivity index (χ0v) is 14.0. The molecule has 2 aromatic rings. The summed E-state index contributed by atoms with van der Waals surface area (Å²) in [6, 6.07) is 9.83. The van der Waals surface area contributed by atoms with Crippen molar-refractivity contribution in [2.75, 3.05) is 0 Å². The molecule has 0 amide bonds. The number of aliphatic hydroxyl groups excluding tert-OH is 1. The summed E-state index contributed by atoms with van der Waals surface area (Å²) in [4.78, 5) is 4.33. The Bertz CT molecular complexity index is 699. The van der Waals surface area contributed by atoms with Gasteiger partial charge in [0.2, 0.25) is 0 Å². The van der Waals surface area contributed by atoms with Crippen LogP contribution in [0.15, 0.2) is 42.7 Å². The third-order valence-electron chi connectivity index (χ3n) is 4.73. The monoisotopic (exact) mass is 311 g/mol. The molecule has 0 bridgehead atoms. The van der Waals surface area contributed by atoms with Gasteiger partial charge in [-0.15, -0.1) is 0 Å². The van der Waals surface area contributed by atoms with Crippen LogP contribution in [-0.4, -0.2) is 28.4 Å². The Morgan fingerprint density at radius 1 is 1.00 bits per heavy atom. The zero-order chi connectivity index (χ0) is 16.7. The predicted molar refractivity (Wildman–Crippen MR) is 91.3 cm³/mol. The molecule has 5 heteroatoms. The molecule has 0 radical (unpaired) electrons. The lowest BCUT2D eigenvalue weighted by molar-refractivity contribution is 0.00578. The smallest absolute Gasteiger partial charge is 0.399 e. The summed E-state index contributed by atoms with van der Waals surface area (Å²) in [6.45, 7) is 8.17. The Kier molecular flexibility index (Phi) is 4.04. The van der Waals surface area contributed by atoms with E-state index in [1.54, 1.807) is 6.20 Å². The second-order valence-electron chi connectivity index (χ2n) is 6.95. The van der Waals surface area contributed by atoms with Crippen molar-refractivity contribution < 1.29 is 14.4 Å². The van der Waals surface area contributed by atoms with Crippen molar-refractivity contribution in [3.8, 4) is 11.1 Å². The number of benzene rings is 1. The van der Waals surface area contributed by atoms with Crippen LogP contribution < -0.4 is 5.46 Å². The molecule has 4 nitrogen and oxygen atoms in total. The third-order valence-corrected chi connectivity index (χ3v) is 4.73. The number of nitrogens with zero attached hydrogens (tertiary/aromatic N) is 1. The van der Waals surface area contributed by atoms with Gasteiger partial charge < -0.3 is 14.4 Å². The first-order chi connectivity index (χ1) is 10.8. The van der Waals surface area contributed by atoms with Crippen LogP contribution in [0.1, 0.15) is 33.3 Å². The van der Waals surface area contributed by atoms with Gasteiger partial charge in [0.05, 0.1) is 17.8 Å². The largest absolute Gasteiger partial charge is 0.496 e. The highest BCUT2D eigenvalue weighted by molar-refractivity contribution is 6.62. The lowest BCUT2D eigenvalue weighted by Gasteiger charge is -2.32. The van der Waals surface area contributed by atoms with E-state index in [4.69, 9.17) is 9.31 Å². The standard InChI is InChI=1S/C18H22BNO3/c1-17(2)18(3,4)23-19(22-17)16-9-15(10-20-11-16)14-7-5-6-13(8-14)12-21/h5-11,21H,12H2,1-4H3. The Morgan fingerprint density at radius 2 is 1.70 bits per heavy atom. The maximum atomic E-state index is 9.30. The number of rotatable bonds is 3. The topological polar surface area (TPSA) is 51.6 Å². The van der Waals surface area contributed by atoms with Crippen LogP contribution in [0, 0.1) is 0 Å². The fourth-order valence-corrected chi connectivity index (χ4v) is 2.57. The van der Waals surface area contributed by atoms with Crippen molar-refractivity contribution in [1.82, 2.24) is 4.98 Å². The van der Waals surface area contributed by atoms with E-state index in [1.165, 1.54) is 0 Å². The number of hydrogen-bond acceptors (Lipinski definition) is 4. The highest BCUT2D eigenvalue weighted by atomic mass is 16.7. The zero-order valence-electron chi connectivity index (χ0n) is 14.0. The average molecular weight is 311 g/mol. The number of aromatic nitrogens is 1. The fourth-order valence-electron chi connectivity index (χ4n) is 2.57. The van der Waals surface area contributed by atoms with Crippen LogP contribution in [-0.2, 0) is 15.9 Å². The van der Waals surface area contributed by atoms with Crippen molar-refractivity contribution in [3.05, 3.63) is 48.3 Å². The molecule has 1 aliphatic rings. The van der Waals surface area contributed by atoms with Gasteiger partial charge in [-0.2, -0.15) is 0 Å². The molecule has 0 atom stereocenters. The van der Waals surface area contributed by atoms with Crippen LogP contribution in [0.2, 0.25) is 0 Å². The van der Waals surface area contributed by atoms with Gasteiger partial charge >= 0.3 is 7.12 Å². The van der Waals surface area contributed by atoms with Gasteiger partial charge in [0.15, 0.2) is 0 Å². The van der Waals surface area contributed by atoms with Crippen LogP contribution in [0.4, 0.5) is 0 Å². The van der Waals surface area contributed by atoms with Gasteiger partial charge in [-0.3, -0.25) is 4.98 Å². The van der Waals surface area contributed by atoms with Crippen LogP contribution in [0.3, 0.4) is 0 Å². The molecule has 1 aromatic carbocycles. The van der Waals surface area contributed by atoms with Gasteiger partial charge in [0, 0.05) is 17.9 Å². The molecule has 1 aliphatic heterocycles. The van der Waals surface area contributed by atoms with E-state index in [0.717, 1.165) is 22.2 Å². The highest BCUT2D eigenvalue weighted by Gasteiger charge is 2.51. The summed E-state index contributed by atoms with van der Waals surface area (Å²) in [7, 11) is -0.423. The van der Waals surface area contributed by atoms with Crippen LogP contribution >= 0.6 is 0 Å². The molecule has 1 fully saturated rings. The Balaban J connectivity index is 1.92. The first-order valence-electron chi connectivity index (χ1n) is 7.83. The summed E-state index contributed by atoms with van der Waals surface area (Å²) < 4.78 is 12.2. The molecular formula is C18H22BNO3. The van der Waals surface area contributed by atoms with Crippen LogP contribution in [0.25, 0.3) is 11.1 Å². The van der Waals surface area contributed by atoms with Gasteiger partial charge in [0.25, 0.3) is 0 Å². The highest BCUT2D eigenvalue weighted by Crippen LogP contribution is 2.36. The van der Waals surface area contributed by atoms with Crippen molar-refractivity contribution >= 4 is 12.6 Å².